The number of ether oxygens (including phenoxy) is 2. The molecule has 150 valence electrons. The molecule has 1 aromatic carbocycles. The fourth-order valence-electron chi connectivity index (χ4n) is 4.47. The first-order valence-electron chi connectivity index (χ1n) is 9.82. The van der Waals surface area contributed by atoms with Crippen LogP contribution >= 0.6 is 11.3 Å². The van der Waals surface area contributed by atoms with Crippen LogP contribution in [0.2, 0.25) is 0 Å². The Bertz CT molecular complexity index is 818. The number of hydrogen-bond donors (Lipinski definition) is 1. The molecular weight excluding hydrogens is 374 g/mol. The normalized spacial score (nSPS) is 27.4. The summed E-state index contributed by atoms with van der Waals surface area (Å²) >= 11 is 1.83. The van der Waals surface area contributed by atoms with E-state index in [-0.39, 0.29) is 12.1 Å². The van der Waals surface area contributed by atoms with Crippen molar-refractivity contribution in [3.63, 3.8) is 0 Å². The first kappa shape index (κ1) is 19.4. The van der Waals surface area contributed by atoms with Gasteiger partial charge in [-0.25, -0.2) is 4.79 Å². The molecule has 1 saturated heterocycles. The third-order valence-corrected chi connectivity index (χ3v) is 7.07. The monoisotopic (exact) mass is 401 g/mol. The second-order valence-corrected chi connectivity index (χ2v) is 8.95. The fraction of sp³-hybridized carbons (Fsp3) is 0.500. The van der Waals surface area contributed by atoms with Crippen molar-refractivity contribution in [1.82, 2.24) is 4.90 Å². The Morgan fingerprint density at radius 1 is 1.18 bits per heavy atom. The minimum Gasteiger partial charge on any atom is -0.488 e. The lowest BCUT2D eigenvalue weighted by molar-refractivity contribution is -0.0231. The molecule has 0 amide bonds. The van der Waals surface area contributed by atoms with Crippen molar-refractivity contribution >= 4 is 17.3 Å². The first-order valence-corrected chi connectivity index (χ1v) is 10.7. The number of carbonyl (C=O) groups is 1. The van der Waals surface area contributed by atoms with Gasteiger partial charge in [0, 0.05) is 24.5 Å². The SMILES string of the molecule is COC(=O)c1ccc(O[C@@H]2C[C@@H]3CN(Cc4sccc4C)C[C@@H]3C[C@H]2O)cc1. The number of likely N-dealkylation sites (tertiary alicyclic amines) is 1. The molecule has 0 spiro atoms. The van der Waals surface area contributed by atoms with E-state index in [1.165, 1.54) is 17.6 Å². The zero-order chi connectivity index (χ0) is 19.7. The number of thiophene rings is 1. The molecule has 2 aliphatic rings. The molecule has 2 heterocycles. The maximum atomic E-state index is 11.6. The third-order valence-electron chi connectivity index (χ3n) is 6.06. The molecule has 2 fully saturated rings. The molecule has 2 aromatic rings. The Kier molecular flexibility index (Phi) is 5.71. The van der Waals surface area contributed by atoms with E-state index in [2.05, 4.69) is 23.3 Å². The van der Waals surface area contributed by atoms with Crippen molar-refractivity contribution < 1.29 is 19.4 Å². The number of aliphatic hydroxyl groups excluding tert-OH is 1. The van der Waals surface area contributed by atoms with Crippen LogP contribution in [0.5, 0.6) is 5.75 Å². The summed E-state index contributed by atoms with van der Waals surface area (Å²) in [4.78, 5) is 15.5. The van der Waals surface area contributed by atoms with E-state index in [1.807, 2.05) is 11.3 Å². The number of rotatable bonds is 5. The predicted octanol–water partition coefficient (Wildman–Crippen LogP) is 3.49. The number of aliphatic hydroxyl groups is 1. The van der Waals surface area contributed by atoms with Gasteiger partial charge in [-0.15, -0.1) is 11.3 Å². The van der Waals surface area contributed by atoms with Crippen LogP contribution in [0.3, 0.4) is 0 Å². The molecule has 4 rings (SSSR count). The predicted molar refractivity (Wildman–Crippen MR) is 109 cm³/mol. The van der Waals surface area contributed by atoms with Crippen LogP contribution in [0.25, 0.3) is 0 Å². The lowest BCUT2D eigenvalue weighted by Crippen LogP contribution is -2.42. The summed E-state index contributed by atoms with van der Waals surface area (Å²) in [5.41, 5.74) is 1.87. The number of fused-ring (bicyclic) bond motifs is 1. The van der Waals surface area contributed by atoms with E-state index in [4.69, 9.17) is 9.47 Å². The highest BCUT2D eigenvalue weighted by Crippen LogP contribution is 2.39. The van der Waals surface area contributed by atoms with Crippen molar-refractivity contribution in [2.24, 2.45) is 11.8 Å². The molecule has 0 radical (unpaired) electrons. The standard InChI is InChI=1S/C22H27NO4S/c1-14-7-8-28-21(14)13-23-11-16-9-19(24)20(10-17(16)12-23)27-18-5-3-15(4-6-18)22(25)26-2/h3-8,16-17,19-20,24H,9-13H2,1-2H3/t16-,17+,19+,20+/m0/s1. The van der Waals surface area contributed by atoms with Gasteiger partial charge in [0.15, 0.2) is 0 Å². The quantitative estimate of drug-likeness (QED) is 0.777. The van der Waals surface area contributed by atoms with Crippen molar-refractivity contribution in [1.29, 1.82) is 0 Å². The van der Waals surface area contributed by atoms with Crippen LogP contribution < -0.4 is 4.74 Å². The number of esters is 1. The zero-order valence-corrected chi connectivity index (χ0v) is 17.2. The Morgan fingerprint density at radius 2 is 1.89 bits per heavy atom. The minimum absolute atomic E-state index is 0.200. The fourth-order valence-corrected chi connectivity index (χ4v) is 5.42. The Balaban J connectivity index is 1.36. The first-order chi connectivity index (χ1) is 13.5. The molecule has 5 nitrogen and oxygen atoms in total. The van der Waals surface area contributed by atoms with E-state index >= 15 is 0 Å². The van der Waals surface area contributed by atoms with Crippen LogP contribution in [0, 0.1) is 18.8 Å². The van der Waals surface area contributed by atoms with E-state index in [1.54, 1.807) is 24.3 Å². The summed E-state index contributed by atoms with van der Waals surface area (Å²) < 4.78 is 10.8. The molecule has 1 saturated carbocycles. The lowest BCUT2D eigenvalue weighted by Gasteiger charge is -2.35. The van der Waals surface area contributed by atoms with Gasteiger partial charge in [-0.3, -0.25) is 4.90 Å². The summed E-state index contributed by atoms with van der Waals surface area (Å²) in [6.07, 6.45) is 0.999. The lowest BCUT2D eigenvalue weighted by atomic mass is 9.78. The molecule has 1 aliphatic carbocycles. The molecule has 6 heteroatoms. The number of carbonyl (C=O) groups excluding carboxylic acids is 1. The van der Waals surface area contributed by atoms with Gasteiger partial charge in [0.25, 0.3) is 0 Å². The molecule has 1 aliphatic heterocycles. The molecule has 0 bridgehead atoms. The van der Waals surface area contributed by atoms with Gasteiger partial charge in [0.2, 0.25) is 0 Å². The topological polar surface area (TPSA) is 59.0 Å². The summed E-state index contributed by atoms with van der Waals surface area (Å²) in [6.45, 7) is 5.30. The van der Waals surface area contributed by atoms with E-state index in [0.717, 1.165) is 32.5 Å². The molecule has 1 aromatic heterocycles. The summed E-state index contributed by atoms with van der Waals surface area (Å²) in [6, 6.07) is 9.11. The van der Waals surface area contributed by atoms with Crippen molar-refractivity contribution in [2.45, 2.75) is 38.5 Å². The maximum absolute atomic E-state index is 11.6. The van der Waals surface area contributed by atoms with Crippen molar-refractivity contribution in [3.8, 4) is 5.75 Å². The Labute approximate surface area is 169 Å². The second-order valence-electron chi connectivity index (χ2n) is 7.95. The van der Waals surface area contributed by atoms with Gasteiger partial charge in [0.05, 0.1) is 18.8 Å². The van der Waals surface area contributed by atoms with Gasteiger partial charge in [0.1, 0.15) is 11.9 Å². The molecule has 1 N–H and O–H groups in total. The van der Waals surface area contributed by atoms with Crippen LogP contribution in [-0.2, 0) is 11.3 Å². The molecule has 0 unspecified atom stereocenters. The number of aryl methyl sites for hydroxylation is 1. The summed E-state index contributed by atoms with van der Waals surface area (Å²) in [7, 11) is 1.37. The number of benzene rings is 1. The Morgan fingerprint density at radius 3 is 2.54 bits per heavy atom. The maximum Gasteiger partial charge on any atom is 0.337 e. The van der Waals surface area contributed by atoms with Crippen LogP contribution in [0.4, 0.5) is 0 Å². The number of nitrogens with zero attached hydrogens (tertiary/aromatic N) is 1. The number of methoxy groups -OCH3 is 1. The van der Waals surface area contributed by atoms with E-state index in [9.17, 15) is 9.90 Å². The van der Waals surface area contributed by atoms with Gasteiger partial charge in [-0.2, -0.15) is 0 Å². The van der Waals surface area contributed by atoms with Crippen LogP contribution in [-0.4, -0.2) is 48.4 Å². The molecular formula is C22H27NO4S. The van der Waals surface area contributed by atoms with Crippen LogP contribution in [0.15, 0.2) is 35.7 Å². The zero-order valence-electron chi connectivity index (χ0n) is 16.3. The average Bonchev–Trinajstić information content (AvgIpc) is 3.27. The average molecular weight is 402 g/mol. The largest absolute Gasteiger partial charge is 0.488 e. The minimum atomic E-state index is -0.454. The second kappa shape index (κ2) is 8.23. The van der Waals surface area contributed by atoms with Gasteiger partial charge >= 0.3 is 5.97 Å². The molecule has 4 atom stereocenters. The summed E-state index contributed by atoms with van der Waals surface area (Å²) in [5.74, 6) is 1.41. The molecule has 28 heavy (non-hydrogen) atoms. The van der Waals surface area contributed by atoms with Crippen LogP contribution in [0.1, 0.15) is 33.6 Å². The smallest absolute Gasteiger partial charge is 0.337 e. The summed E-state index contributed by atoms with van der Waals surface area (Å²) in [5, 5.41) is 12.8. The third kappa shape index (κ3) is 4.09. The number of hydrogen-bond acceptors (Lipinski definition) is 6. The Hall–Kier alpha value is -1.89. The van der Waals surface area contributed by atoms with Gasteiger partial charge in [-0.1, -0.05) is 0 Å². The van der Waals surface area contributed by atoms with Crippen molar-refractivity contribution in [2.75, 3.05) is 20.2 Å². The van der Waals surface area contributed by atoms with Crippen molar-refractivity contribution in [3.05, 3.63) is 51.7 Å². The van der Waals surface area contributed by atoms with Gasteiger partial charge in [-0.05, 0) is 72.9 Å². The van der Waals surface area contributed by atoms with E-state index in [0.29, 0.717) is 23.1 Å². The highest BCUT2D eigenvalue weighted by molar-refractivity contribution is 7.10. The van der Waals surface area contributed by atoms with E-state index < -0.39 is 6.10 Å². The highest BCUT2D eigenvalue weighted by Gasteiger charge is 2.42. The van der Waals surface area contributed by atoms with Gasteiger partial charge < -0.3 is 14.6 Å². The highest BCUT2D eigenvalue weighted by atomic mass is 32.1.